The lowest BCUT2D eigenvalue weighted by Crippen LogP contribution is -2.51. The third-order valence-corrected chi connectivity index (χ3v) is 7.46. The van der Waals surface area contributed by atoms with Gasteiger partial charge in [0.15, 0.2) is 0 Å². The molecule has 0 saturated heterocycles. The van der Waals surface area contributed by atoms with Crippen molar-refractivity contribution in [1.82, 2.24) is 14.5 Å². The van der Waals surface area contributed by atoms with Crippen molar-refractivity contribution < 1.29 is 27.8 Å². The van der Waals surface area contributed by atoms with E-state index in [2.05, 4.69) is 17.2 Å². The summed E-state index contributed by atoms with van der Waals surface area (Å²) in [7, 11) is -0.705. The van der Waals surface area contributed by atoms with Crippen molar-refractivity contribution in [2.24, 2.45) is 5.92 Å². The summed E-state index contributed by atoms with van der Waals surface area (Å²) in [5, 5.41) is 12.6. The van der Waals surface area contributed by atoms with Gasteiger partial charge in [-0.2, -0.15) is 4.31 Å². The van der Waals surface area contributed by atoms with Crippen LogP contribution in [0.4, 0.5) is 4.79 Å². The molecule has 33 heavy (non-hydrogen) atoms. The molecule has 1 aliphatic rings. The highest BCUT2D eigenvalue weighted by molar-refractivity contribution is 7.89. The van der Waals surface area contributed by atoms with Crippen LogP contribution in [0.25, 0.3) is 0 Å². The van der Waals surface area contributed by atoms with Crippen molar-refractivity contribution in [2.45, 2.75) is 44.2 Å². The zero-order chi connectivity index (χ0) is 24.6. The third kappa shape index (κ3) is 6.84. The van der Waals surface area contributed by atoms with Gasteiger partial charge in [0.05, 0.1) is 13.2 Å². The first kappa shape index (κ1) is 26.9. The van der Waals surface area contributed by atoms with Gasteiger partial charge in [-0.3, -0.25) is 0 Å². The summed E-state index contributed by atoms with van der Waals surface area (Å²) in [5.41, 5.74) is 0.587. The molecule has 0 bridgehead atoms. The molecule has 0 spiro atoms. The minimum atomic E-state index is -3.93. The van der Waals surface area contributed by atoms with E-state index in [1.54, 1.807) is 33.2 Å². The number of ether oxygens (including phenoxy) is 2. The summed E-state index contributed by atoms with van der Waals surface area (Å²) >= 11 is 0. The fourth-order valence-corrected chi connectivity index (χ4v) is 5.28. The first-order chi connectivity index (χ1) is 15.6. The molecule has 0 unspecified atom stereocenters. The van der Waals surface area contributed by atoms with Gasteiger partial charge in [-0.25, -0.2) is 13.2 Å². The lowest BCUT2D eigenvalue weighted by molar-refractivity contribution is 0.0812. The van der Waals surface area contributed by atoms with Gasteiger partial charge in [0, 0.05) is 44.8 Å². The van der Waals surface area contributed by atoms with E-state index in [-0.39, 0.29) is 48.9 Å². The fourth-order valence-electron chi connectivity index (χ4n) is 3.45. The molecule has 3 atom stereocenters. The summed E-state index contributed by atoms with van der Waals surface area (Å²) in [6.45, 7) is 6.42. The number of nitrogens with one attached hydrogen (secondary N) is 1. The summed E-state index contributed by atoms with van der Waals surface area (Å²) in [6, 6.07) is 3.86. The summed E-state index contributed by atoms with van der Waals surface area (Å²) in [4.78, 5) is 13.9. The Kier molecular flexibility index (Phi) is 9.98. The topological polar surface area (TPSA) is 108 Å². The van der Waals surface area contributed by atoms with Crippen LogP contribution in [0.5, 0.6) is 5.75 Å². The number of aliphatic hydroxyl groups is 1. The molecule has 2 N–H and O–H groups in total. The number of carbonyl (C=O) groups is 1. The van der Waals surface area contributed by atoms with Crippen LogP contribution < -0.4 is 10.1 Å². The number of urea groups is 1. The van der Waals surface area contributed by atoms with Gasteiger partial charge in [-0.05, 0) is 31.5 Å². The van der Waals surface area contributed by atoms with Crippen LogP contribution in [-0.4, -0.2) is 87.9 Å². The monoisotopic (exact) mass is 481 g/mol. The van der Waals surface area contributed by atoms with Gasteiger partial charge in [0.25, 0.3) is 0 Å². The van der Waals surface area contributed by atoms with Crippen LogP contribution in [0.2, 0.25) is 0 Å². The minimum Gasteiger partial charge on any atom is -0.487 e. The fraction of sp³-hybridized carbons (Fsp3) is 0.609. The maximum absolute atomic E-state index is 13.5. The van der Waals surface area contributed by atoms with Gasteiger partial charge in [0.2, 0.25) is 10.0 Å². The van der Waals surface area contributed by atoms with Gasteiger partial charge in [0.1, 0.15) is 23.4 Å². The number of aliphatic hydroxyl groups excluding tert-OH is 1. The van der Waals surface area contributed by atoms with Crippen molar-refractivity contribution in [3.05, 3.63) is 23.8 Å². The molecule has 184 valence electrons. The number of benzene rings is 1. The molecule has 1 aliphatic heterocycles. The van der Waals surface area contributed by atoms with E-state index in [9.17, 15) is 18.3 Å². The Bertz CT molecular complexity index is 972. The van der Waals surface area contributed by atoms with E-state index in [0.717, 1.165) is 6.42 Å². The highest BCUT2D eigenvalue weighted by Gasteiger charge is 2.38. The molecular formula is C23H35N3O6S. The number of rotatable bonds is 7. The standard InChI is InChI=1S/C23H35N3O6S/c1-6-11-24-23(28)25(4)15-21-17(2)14-26(18(3)16-27)33(29,30)22-10-9-19(8-7-12-31-5)13-20(22)32-21/h9-10,13,17-18,21,27H,6,11-12,14-16H2,1-5H3,(H,24,28)/t17-,18+,21-/m1/s1. The van der Waals surface area contributed by atoms with Crippen LogP contribution in [-0.2, 0) is 14.8 Å². The number of likely N-dealkylation sites (N-methyl/N-ethyl adjacent to an activating group) is 1. The Labute approximate surface area is 197 Å². The molecule has 0 fully saturated rings. The maximum Gasteiger partial charge on any atom is 0.317 e. The second kappa shape index (κ2) is 12.2. The van der Waals surface area contributed by atoms with Crippen molar-refractivity contribution in [3.63, 3.8) is 0 Å². The van der Waals surface area contributed by atoms with Gasteiger partial charge < -0.3 is 24.8 Å². The number of fused-ring (bicyclic) bond motifs is 1. The Morgan fingerprint density at radius 2 is 2.18 bits per heavy atom. The Balaban J connectivity index is 2.48. The molecule has 10 heteroatoms. The van der Waals surface area contributed by atoms with E-state index in [4.69, 9.17) is 9.47 Å². The molecule has 1 heterocycles. The first-order valence-corrected chi connectivity index (χ1v) is 12.5. The van der Waals surface area contributed by atoms with Crippen molar-refractivity contribution >= 4 is 16.1 Å². The number of hydrogen-bond acceptors (Lipinski definition) is 6. The molecule has 9 nitrogen and oxygen atoms in total. The van der Waals surface area contributed by atoms with Crippen LogP contribution in [0, 0.1) is 17.8 Å². The molecule has 1 aromatic carbocycles. The Morgan fingerprint density at radius 1 is 1.45 bits per heavy atom. The van der Waals surface area contributed by atoms with Crippen molar-refractivity contribution in [1.29, 1.82) is 0 Å². The van der Waals surface area contributed by atoms with Crippen molar-refractivity contribution in [2.75, 3.05) is 47.0 Å². The van der Waals surface area contributed by atoms with E-state index in [1.807, 2.05) is 13.8 Å². The highest BCUT2D eigenvalue weighted by Crippen LogP contribution is 2.34. The van der Waals surface area contributed by atoms with Crippen LogP contribution in [0.1, 0.15) is 32.8 Å². The molecule has 0 saturated carbocycles. The minimum absolute atomic E-state index is 0.00933. The average molecular weight is 482 g/mol. The quantitative estimate of drug-likeness (QED) is 0.572. The molecule has 2 amide bonds. The second-order valence-electron chi connectivity index (χ2n) is 8.25. The molecule has 0 aliphatic carbocycles. The van der Waals surface area contributed by atoms with Gasteiger partial charge in [-0.1, -0.05) is 25.7 Å². The number of hydrogen-bond donors (Lipinski definition) is 2. The van der Waals surface area contributed by atoms with E-state index in [0.29, 0.717) is 12.1 Å². The summed E-state index contributed by atoms with van der Waals surface area (Å²) in [5.74, 6) is 5.70. The third-order valence-electron chi connectivity index (χ3n) is 5.44. The largest absolute Gasteiger partial charge is 0.487 e. The second-order valence-corrected chi connectivity index (χ2v) is 10.1. The van der Waals surface area contributed by atoms with Gasteiger partial charge in [-0.15, -0.1) is 0 Å². The predicted molar refractivity (Wildman–Crippen MR) is 126 cm³/mol. The molecule has 0 radical (unpaired) electrons. The van der Waals surface area contributed by atoms with E-state index in [1.165, 1.54) is 15.3 Å². The smallest absolute Gasteiger partial charge is 0.317 e. The van der Waals surface area contributed by atoms with E-state index >= 15 is 0 Å². The maximum atomic E-state index is 13.5. The van der Waals surface area contributed by atoms with Crippen LogP contribution in [0.3, 0.4) is 0 Å². The van der Waals surface area contributed by atoms with Crippen molar-refractivity contribution in [3.8, 4) is 17.6 Å². The summed E-state index contributed by atoms with van der Waals surface area (Å²) in [6.07, 6.45) is 0.342. The molecule has 0 aromatic heterocycles. The Hall–Kier alpha value is -2.32. The normalized spacial score (nSPS) is 20.8. The lowest BCUT2D eigenvalue weighted by atomic mass is 10.0. The molecule has 1 aromatic rings. The Morgan fingerprint density at radius 3 is 2.82 bits per heavy atom. The van der Waals surface area contributed by atoms with Crippen LogP contribution in [0.15, 0.2) is 23.1 Å². The predicted octanol–water partition coefficient (Wildman–Crippen LogP) is 1.50. The molecule has 2 rings (SSSR count). The number of nitrogens with zero attached hydrogens (tertiary/aromatic N) is 2. The lowest BCUT2D eigenvalue weighted by Gasteiger charge is -2.37. The molecular weight excluding hydrogens is 446 g/mol. The average Bonchev–Trinajstić information content (AvgIpc) is 2.79. The SMILES string of the molecule is CCCNC(=O)N(C)C[C@H]1Oc2cc(C#CCOC)ccc2S(=O)(=O)N([C@@H](C)CO)C[C@H]1C. The highest BCUT2D eigenvalue weighted by atomic mass is 32.2. The number of amides is 2. The zero-order valence-corrected chi connectivity index (χ0v) is 20.8. The van der Waals surface area contributed by atoms with Gasteiger partial charge >= 0.3 is 6.03 Å². The first-order valence-electron chi connectivity index (χ1n) is 11.1. The van der Waals surface area contributed by atoms with E-state index < -0.39 is 22.2 Å². The zero-order valence-electron chi connectivity index (χ0n) is 20.0. The number of sulfonamides is 1. The number of methoxy groups -OCH3 is 1. The number of carbonyl (C=O) groups excluding carboxylic acids is 1. The summed E-state index contributed by atoms with van der Waals surface area (Å²) < 4.78 is 39.4. The van der Waals surface area contributed by atoms with Crippen LogP contribution >= 0.6 is 0 Å².